The molecular weight excluding hydrogens is 331 g/mol. The van der Waals surface area contributed by atoms with E-state index in [0.717, 1.165) is 24.3 Å². The lowest BCUT2D eigenvalue weighted by Crippen LogP contribution is -2.40. The summed E-state index contributed by atoms with van der Waals surface area (Å²) in [5.41, 5.74) is 1.84. The average Bonchev–Trinajstić information content (AvgIpc) is 3.41. The summed E-state index contributed by atoms with van der Waals surface area (Å²) in [6, 6.07) is 14.0. The molecule has 1 aliphatic carbocycles. The Morgan fingerprint density at radius 3 is 2.58 bits per heavy atom. The Morgan fingerprint density at radius 1 is 1.23 bits per heavy atom. The minimum absolute atomic E-state index is 0.0761. The van der Waals surface area contributed by atoms with E-state index in [1.807, 2.05) is 24.3 Å². The van der Waals surface area contributed by atoms with Crippen molar-refractivity contribution in [3.8, 4) is 5.75 Å². The number of nitrogens with zero attached hydrogens (tertiary/aromatic N) is 1. The molecule has 3 aromatic rings. The monoisotopic (exact) mass is 352 g/mol. The van der Waals surface area contributed by atoms with Crippen molar-refractivity contribution < 1.29 is 13.9 Å². The van der Waals surface area contributed by atoms with E-state index in [0.29, 0.717) is 22.5 Å². The van der Waals surface area contributed by atoms with Gasteiger partial charge in [0.2, 0.25) is 0 Å². The molecule has 1 aliphatic rings. The van der Waals surface area contributed by atoms with Gasteiger partial charge in [-0.15, -0.1) is 0 Å². The van der Waals surface area contributed by atoms with Crippen LogP contribution in [0.3, 0.4) is 0 Å². The third-order valence-corrected chi connectivity index (χ3v) is 5.12. The lowest BCUT2D eigenvalue weighted by Gasteiger charge is -2.29. The van der Waals surface area contributed by atoms with Gasteiger partial charge in [0.15, 0.2) is 0 Å². The maximum absolute atomic E-state index is 14.0. The molecule has 5 heteroatoms. The summed E-state index contributed by atoms with van der Waals surface area (Å²) in [4.78, 5) is 18.2. The number of H-pyrrole nitrogens is 1. The first kappa shape index (κ1) is 16.6. The molecule has 0 saturated heterocycles. The van der Waals surface area contributed by atoms with Crippen LogP contribution in [0.15, 0.2) is 48.5 Å². The van der Waals surface area contributed by atoms with Crippen LogP contribution in [0, 0.1) is 11.7 Å². The number of amides is 1. The first-order valence-electron chi connectivity index (χ1n) is 8.83. The fourth-order valence-corrected chi connectivity index (χ4v) is 3.43. The lowest BCUT2D eigenvalue weighted by atomic mass is 10.1. The molecule has 1 fully saturated rings. The summed E-state index contributed by atoms with van der Waals surface area (Å²) in [7, 11) is 1.61. The molecule has 0 radical (unpaired) electrons. The van der Waals surface area contributed by atoms with Crippen molar-refractivity contribution in [1.29, 1.82) is 0 Å². The normalized spacial score (nSPS) is 15.0. The number of halogens is 1. The van der Waals surface area contributed by atoms with Crippen LogP contribution in [0.2, 0.25) is 0 Å². The van der Waals surface area contributed by atoms with Crippen LogP contribution in [0.25, 0.3) is 10.9 Å². The van der Waals surface area contributed by atoms with Gasteiger partial charge in [0, 0.05) is 22.6 Å². The van der Waals surface area contributed by atoms with E-state index in [1.54, 1.807) is 30.2 Å². The van der Waals surface area contributed by atoms with E-state index in [2.05, 4.69) is 11.9 Å². The second-order valence-electron chi connectivity index (χ2n) is 6.84. The van der Waals surface area contributed by atoms with Crippen LogP contribution < -0.4 is 9.64 Å². The molecule has 2 aromatic carbocycles. The molecule has 1 saturated carbocycles. The van der Waals surface area contributed by atoms with Crippen molar-refractivity contribution in [2.24, 2.45) is 5.92 Å². The summed E-state index contributed by atoms with van der Waals surface area (Å²) < 4.78 is 19.2. The summed E-state index contributed by atoms with van der Waals surface area (Å²) in [5.74, 6) is 0.768. The zero-order chi connectivity index (χ0) is 18.3. The number of anilines is 1. The van der Waals surface area contributed by atoms with Gasteiger partial charge in [-0.05, 0) is 68.1 Å². The number of benzene rings is 2. The number of nitrogens with one attached hydrogen (secondary N) is 1. The van der Waals surface area contributed by atoms with Crippen LogP contribution >= 0.6 is 0 Å². The van der Waals surface area contributed by atoms with Gasteiger partial charge in [0.05, 0.1) is 7.11 Å². The van der Waals surface area contributed by atoms with Crippen LogP contribution in [0.4, 0.5) is 10.1 Å². The van der Waals surface area contributed by atoms with Gasteiger partial charge in [0.25, 0.3) is 5.91 Å². The SMILES string of the molecule is COc1ccc(N(C(=O)c2cc3c(F)cccc3[nH]2)C(C)C2CC2)cc1. The Labute approximate surface area is 151 Å². The number of fused-ring (bicyclic) bond motifs is 1. The van der Waals surface area contributed by atoms with Gasteiger partial charge >= 0.3 is 0 Å². The number of rotatable bonds is 5. The molecule has 1 N–H and O–H groups in total. The minimum Gasteiger partial charge on any atom is -0.497 e. The van der Waals surface area contributed by atoms with Gasteiger partial charge < -0.3 is 14.6 Å². The topological polar surface area (TPSA) is 45.3 Å². The second kappa shape index (κ2) is 6.48. The molecule has 4 nitrogen and oxygen atoms in total. The third kappa shape index (κ3) is 2.94. The molecule has 1 atom stereocenters. The summed E-state index contributed by atoms with van der Waals surface area (Å²) >= 11 is 0. The van der Waals surface area contributed by atoms with Gasteiger partial charge in [-0.3, -0.25) is 4.79 Å². The molecule has 1 unspecified atom stereocenters. The molecule has 0 aliphatic heterocycles. The number of hydrogen-bond acceptors (Lipinski definition) is 2. The highest BCUT2D eigenvalue weighted by Crippen LogP contribution is 2.38. The molecule has 26 heavy (non-hydrogen) atoms. The number of carbonyl (C=O) groups excluding carboxylic acids is 1. The van der Waals surface area contributed by atoms with Crippen molar-refractivity contribution in [2.45, 2.75) is 25.8 Å². The number of ether oxygens (including phenoxy) is 1. The first-order chi connectivity index (χ1) is 12.6. The van der Waals surface area contributed by atoms with Crippen molar-refractivity contribution >= 4 is 22.5 Å². The Hall–Kier alpha value is -2.82. The van der Waals surface area contributed by atoms with E-state index >= 15 is 0 Å². The minimum atomic E-state index is -0.330. The number of aromatic nitrogens is 1. The third-order valence-electron chi connectivity index (χ3n) is 5.12. The molecule has 134 valence electrons. The van der Waals surface area contributed by atoms with Gasteiger partial charge in [-0.25, -0.2) is 4.39 Å². The van der Waals surface area contributed by atoms with Gasteiger partial charge in [-0.2, -0.15) is 0 Å². The number of aromatic amines is 1. The van der Waals surface area contributed by atoms with Gasteiger partial charge in [-0.1, -0.05) is 6.07 Å². The molecular formula is C21H21FN2O2. The molecule has 1 aromatic heterocycles. The Morgan fingerprint density at radius 2 is 1.96 bits per heavy atom. The standard InChI is InChI=1S/C21H21FN2O2/c1-13(14-6-7-14)24(15-8-10-16(26-2)11-9-15)21(25)20-12-17-18(22)4-3-5-19(17)23-20/h3-5,8-14,23H,6-7H2,1-2H3. The number of hydrogen-bond donors (Lipinski definition) is 1. The summed E-state index contributed by atoms with van der Waals surface area (Å²) in [5, 5.41) is 0.435. The van der Waals surface area contributed by atoms with E-state index < -0.39 is 0 Å². The predicted molar refractivity (Wildman–Crippen MR) is 100 cm³/mol. The fourth-order valence-electron chi connectivity index (χ4n) is 3.43. The highest BCUT2D eigenvalue weighted by Gasteiger charge is 2.36. The van der Waals surface area contributed by atoms with Gasteiger partial charge in [0.1, 0.15) is 17.3 Å². The van der Waals surface area contributed by atoms with E-state index in [9.17, 15) is 9.18 Å². The second-order valence-corrected chi connectivity index (χ2v) is 6.84. The Balaban J connectivity index is 1.73. The van der Waals surface area contributed by atoms with Crippen molar-refractivity contribution in [3.63, 3.8) is 0 Å². The average molecular weight is 352 g/mol. The molecule has 1 heterocycles. The predicted octanol–water partition coefficient (Wildman–Crippen LogP) is 4.76. The van der Waals surface area contributed by atoms with Crippen LogP contribution in [0.1, 0.15) is 30.3 Å². The number of methoxy groups -OCH3 is 1. The van der Waals surface area contributed by atoms with Crippen LogP contribution in [0.5, 0.6) is 5.75 Å². The van der Waals surface area contributed by atoms with Crippen molar-refractivity contribution in [3.05, 3.63) is 60.0 Å². The summed E-state index contributed by atoms with van der Waals surface area (Å²) in [6.45, 7) is 2.07. The molecule has 0 bridgehead atoms. The Kier molecular flexibility index (Phi) is 4.15. The van der Waals surface area contributed by atoms with E-state index in [4.69, 9.17) is 4.74 Å². The van der Waals surface area contributed by atoms with Crippen molar-refractivity contribution in [2.75, 3.05) is 12.0 Å². The molecule has 4 rings (SSSR count). The van der Waals surface area contributed by atoms with E-state index in [-0.39, 0.29) is 17.8 Å². The first-order valence-corrected chi connectivity index (χ1v) is 8.83. The zero-order valence-electron chi connectivity index (χ0n) is 14.8. The highest BCUT2D eigenvalue weighted by molar-refractivity contribution is 6.08. The van der Waals surface area contributed by atoms with E-state index in [1.165, 1.54) is 6.07 Å². The van der Waals surface area contributed by atoms with Crippen LogP contribution in [-0.2, 0) is 0 Å². The maximum atomic E-state index is 14.0. The Bertz CT molecular complexity index is 944. The van der Waals surface area contributed by atoms with Crippen molar-refractivity contribution in [1.82, 2.24) is 4.98 Å². The highest BCUT2D eigenvalue weighted by atomic mass is 19.1. The summed E-state index contributed by atoms with van der Waals surface area (Å²) in [6.07, 6.45) is 2.25. The molecule has 1 amide bonds. The lowest BCUT2D eigenvalue weighted by molar-refractivity contribution is 0.0971. The zero-order valence-corrected chi connectivity index (χ0v) is 14.8. The number of carbonyl (C=O) groups is 1. The largest absolute Gasteiger partial charge is 0.497 e. The maximum Gasteiger partial charge on any atom is 0.274 e. The van der Waals surface area contributed by atoms with Crippen LogP contribution in [-0.4, -0.2) is 24.0 Å². The molecule has 0 spiro atoms. The quantitative estimate of drug-likeness (QED) is 0.719. The fraction of sp³-hybridized carbons (Fsp3) is 0.286. The smallest absolute Gasteiger partial charge is 0.274 e.